The summed E-state index contributed by atoms with van der Waals surface area (Å²) in [4.78, 5) is 12.4. The van der Waals surface area contributed by atoms with Crippen molar-refractivity contribution in [1.82, 2.24) is 4.90 Å². The Kier molecular flexibility index (Phi) is 3.93. The minimum Gasteiger partial charge on any atom is -0.711 e. The molecule has 2 rings (SSSR count). The fourth-order valence-electron chi connectivity index (χ4n) is 2.07. The first-order valence-electron chi connectivity index (χ1n) is 6.00. The average molecular weight is 252 g/mol. The maximum Gasteiger partial charge on any atom is 0.284 e. The minimum absolute atomic E-state index is 0.0780. The number of aromatic nitrogens is 1. The van der Waals surface area contributed by atoms with Gasteiger partial charge in [0.15, 0.2) is 0 Å². The summed E-state index contributed by atoms with van der Waals surface area (Å²) in [5.74, 6) is 0.225. The number of hydrogen-bond acceptors (Lipinski definition) is 5. The average Bonchev–Trinajstić information content (AvgIpc) is 2.84. The Morgan fingerprint density at radius 1 is 1.44 bits per heavy atom. The molecule has 0 saturated carbocycles. The minimum atomic E-state index is -0.508. The molecule has 0 amide bonds. The van der Waals surface area contributed by atoms with Crippen molar-refractivity contribution < 1.29 is 9.65 Å². The predicted octanol–water partition coefficient (Wildman–Crippen LogP) is 0.736. The van der Waals surface area contributed by atoms with Gasteiger partial charge in [-0.1, -0.05) is 0 Å². The molecule has 0 atom stereocenters. The predicted molar refractivity (Wildman–Crippen MR) is 66.2 cm³/mol. The second kappa shape index (κ2) is 5.63. The Morgan fingerprint density at radius 2 is 2.17 bits per heavy atom. The van der Waals surface area contributed by atoms with Crippen molar-refractivity contribution in [2.45, 2.75) is 12.8 Å². The fourth-order valence-corrected chi connectivity index (χ4v) is 2.07. The number of nitrogens with zero attached hydrogens (tertiary/aromatic N) is 3. The molecule has 1 aliphatic rings. The summed E-state index contributed by atoms with van der Waals surface area (Å²) < 4.78 is 0.608. The molecule has 1 aromatic heterocycles. The molecule has 0 bridgehead atoms. The van der Waals surface area contributed by atoms with Gasteiger partial charge in [0.1, 0.15) is 12.3 Å². The SMILES string of the molecule is O=[N+]([O-])c1cc[n+]([O-])c(NCCN2CCCC2)c1. The molecule has 18 heavy (non-hydrogen) atoms. The molecule has 0 spiro atoms. The van der Waals surface area contributed by atoms with E-state index in [-0.39, 0.29) is 11.5 Å². The van der Waals surface area contributed by atoms with E-state index in [0.29, 0.717) is 11.3 Å². The molecule has 0 aromatic carbocycles. The van der Waals surface area contributed by atoms with Crippen LogP contribution in [0.4, 0.5) is 11.5 Å². The lowest BCUT2D eigenvalue weighted by Crippen LogP contribution is -2.33. The second-order valence-electron chi connectivity index (χ2n) is 4.33. The Hall–Kier alpha value is -1.89. The summed E-state index contributed by atoms with van der Waals surface area (Å²) in [5, 5.41) is 25.0. The number of nitro groups is 1. The molecule has 1 aromatic rings. The zero-order valence-corrected chi connectivity index (χ0v) is 10.0. The topological polar surface area (TPSA) is 85.3 Å². The molecule has 0 aliphatic carbocycles. The molecule has 0 unspecified atom stereocenters. The molecule has 1 fully saturated rings. The van der Waals surface area contributed by atoms with Crippen LogP contribution in [0, 0.1) is 15.3 Å². The molecule has 1 N–H and O–H groups in total. The van der Waals surface area contributed by atoms with Crippen LogP contribution in [0.15, 0.2) is 18.3 Å². The van der Waals surface area contributed by atoms with Crippen LogP contribution in [0.1, 0.15) is 12.8 Å². The maximum absolute atomic E-state index is 11.4. The summed E-state index contributed by atoms with van der Waals surface area (Å²) in [6.07, 6.45) is 3.59. The van der Waals surface area contributed by atoms with Crippen molar-refractivity contribution in [2.24, 2.45) is 0 Å². The van der Waals surface area contributed by atoms with E-state index in [1.807, 2.05) is 0 Å². The Morgan fingerprint density at radius 3 is 2.83 bits per heavy atom. The number of nitrogens with one attached hydrogen (secondary N) is 1. The van der Waals surface area contributed by atoms with Crippen LogP contribution in [0.2, 0.25) is 0 Å². The zero-order chi connectivity index (χ0) is 13.0. The second-order valence-corrected chi connectivity index (χ2v) is 4.33. The van der Waals surface area contributed by atoms with Gasteiger partial charge in [-0.2, -0.15) is 0 Å². The van der Waals surface area contributed by atoms with E-state index in [1.165, 1.54) is 25.0 Å². The van der Waals surface area contributed by atoms with Gasteiger partial charge in [-0.15, -0.1) is 0 Å². The van der Waals surface area contributed by atoms with Crippen LogP contribution >= 0.6 is 0 Å². The highest BCUT2D eigenvalue weighted by atomic mass is 16.6. The highest BCUT2D eigenvalue weighted by Crippen LogP contribution is 2.13. The van der Waals surface area contributed by atoms with Gasteiger partial charge in [-0.3, -0.25) is 20.3 Å². The lowest BCUT2D eigenvalue weighted by Gasteiger charge is -2.14. The summed E-state index contributed by atoms with van der Waals surface area (Å²) in [6.45, 7) is 3.65. The van der Waals surface area contributed by atoms with Crippen molar-refractivity contribution in [3.63, 3.8) is 0 Å². The molecule has 1 saturated heterocycles. The van der Waals surface area contributed by atoms with Crippen molar-refractivity contribution in [1.29, 1.82) is 0 Å². The van der Waals surface area contributed by atoms with E-state index in [9.17, 15) is 15.3 Å². The van der Waals surface area contributed by atoms with E-state index < -0.39 is 4.92 Å². The van der Waals surface area contributed by atoms with Crippen molar-refractivity contribution in [2.75, 3.05) is 31.5 Å². The highest BCUT2D eigenvalue weighted by Gasteiger charge is 2.14. The van der Waals surface area contributed by atoms with Gasteiger partial charge in [0.05, 0.1) is 17.5 Å². The van der Waals surface area contributed by atoms with Crippen molar-refractivity contribution in [3.05, 3.63) is 33.7 Å². The van der Waals surface area contributed by atoms with Gasteiger partial charge >= 0.3 is 0 Å². The third-order valence-electron chi connectivity index (χ3n) is 3.05. The van der Waals surface area contributed by atoms with Gasteiger partial charge in [-0.05, 0) is 25.9 Å². The molecular formula is C11H16N4O3. The lowest BCUT2D eigenvalue weighted by atomic mass is 10.4. The van der Waals surface area contributed by atoms with Gasteiger partial charge in [0, 0.05) is 6.54 Å². The summed E-state index contributed by atoms with van der Waals surface area (Å²) in [5.41, 5.74) is -0.0780. The Balaban J connectivity index is 1.91. The van der Waals surface area contributed by atoms with Gasteiger partial charge < -0.3 is 5.21 Å². The Labute approximate surface area is 105 Å². The third-order valence-corrected chi connectivity index (χ3v) is 3.05. The van der Waals surface area contributed by atoms with Crippen LogP contribution in [0.5, 0.6) is 0 Å². The number of hydrogen-bond donors (Lipinski definition) is 1. The van der Waals surface area contributed by atoms with Crippen molar-refractivity contribution >= 4 is 11.5 Å². The van der Waals surface area contributed by atoms with E-state index in [4.69, 9.17) is 0 Å². The first-order valence-corrected chi connectivity index (χ1v) is 6.00. The van der Waals surface area contributed by atoms with Gasteiger partial charge in [0.2, 0.25) is 0 Å². The lowest BCUT2D eigenvalue weighted by molar-refractivity contribution is -0.591. The zero-order valence-electron chi connectivity index (χ0n) is 10.0. The smallest absolute Gasteiger partial charge is 0.284 e. The molecule has 1 aliphatic heterocycles. The summed E-state index contributed by atoms with van der Waals surface area (Å²) in [6, 6.07) is 2.45. The van der Waals surface area contributed by atoms with Gasteiger partial charge in [0.25, 0.3) is 11.5 Å². The van der Waals surface area contributed by atoms with E-state index >= 15 is 0 Å². The first-order chi connectivity index (χ1) is 8.66. The van der Waals surface area contributed by atoms with E-state index in [2.05, 4.69) is 10.2 Å². The summed E-state index contributed by atoms with van der Waals surface area (Å²) >= 11 is 0. The van der Waals surface area contributed by atoms with Gasteiger partial charge in [-0.25, -0.2) is 4.73 Å². The molecule has 0 radical (unpaired) electrons. The van der Waals surface area contributed by atoms with Crippen LogP contribution in [0.3, 0.4) is 0 Å². The molecule has 98 valence electrons. The fraction of sp³-hybridized carbons (Fsp3) is 0.545. The molecule has 2 heterocycles. The number of pyridine rings is 1. The van der Waals surface area contributed by atoms with Crippen LogP contribution in [-0.2, 0) is 0 Å². The van der Waals surface area contributed by atoms with E-state index in [0.717, 1.165) is 25.8 Å². The van der Waals surface area contributed by atoms with Crippen molar-refractivity contribution in [3.8, 4) is 0 Å². The van der Waals surface area contributed by atoms with E-state index in [1.54, 1.807) is 0 Å². The molecular weight excluding hydrogens is 236 g/mol. The third kappa shape index (κ3) is 3.07. The van der Waals surface area contributed by atoms with Crippen LogP contribution in [0.25, 0.3) is 0 Å². The summed E-state index contributed by atoms with van der Waals surface area (Å²) in [7, 11) is 0. The quantitative estimate of drug-likeness (QED) is 0.361. The largest absolute Gasteiger partial charge is 0.711 e. The molecule has 7 heteroatoms. The maximum atomic E-state index is 11.4. The monoisotopic (exact) mass is 252 g/mol. The molecule has 7 nitrogen and oxygen atoms in total. The standard InChI is InChI=1S/C11H16N4O3/c16-14-7-3-10(15(17)18)9-11(14)12-4-8-13-5-1-2-6-13/h3,7,9,12H,1-2,4-6,8H2. The Bertz CT molecular complexity index is 432. The normalized spacial score (nSPS) is 15.8. The van der Waals surface area contributed by atoms with Crippen LogP contribution in [-0.4, -0.2) is 36.0 Å². The first kappa shape index (κ1) is 12.6. The number of anilines is 1. The highest BCUT2D eigenvalue weighted by molar-refractivity contribution is 5.40. The van der Waals surface area contributed by atoms with Crippen LogP contribution < -0.4 is 10.0 Å². The number of likely N-dealkylation sites (tertiary alicyclic amines) is 1. The number of rotatable bonds is 5.